The molecule has 0 fully saturated rings. The Morgan fingerprint density at radius 1 is 1.17 bits per heavy atom. The predicted octanol–water partition coefficient (Wildman–Crippen LogP) is 2.66. The number of para-hydroxylation sites is 1. The van der Waals surface area contributed by atoms with Gasteiger partial charge in [0.05, 0.1) is 15.6 Å². The molecule has 0 radical (unpaired) electrons. The van der Waals surface area contributed by atoms with Gasteiger partial charge in [0.2, 0.25) is 5.91 Å². The van der Waals surface area contributed by atoms with Crippen LogP contribution < -0.4 is 16.4 Å². The maximum absolute atomic E-state index is 12.1. The van der Waals surface area contributed by atoms with Crippen molar-refractivity contribution in [3.05, 3.63) is 51.2 Å². The largest absolute Gasteiger partial charge is 0.351 e. The van der Waals surface area contributed by atoms with Gasteiger partial charge in [0.1, 0.15) is 0 Å². The van der Waals surface area contributed by atoms with Crippen molar-refractivity contribution in [1.82, 2.24) is 5.32 Å². The predicted molar refractivity (Wildman–Crippen MR) is 94.1 cm³/mol. The number of hydrogen-bond donors (Lipinski definition) is 3. The molecule has 0 saturated carbocycles. The van der Waals surface area contributed by atoms with Crippen LogP contribution in [0.4, 0.5) is 5.69 Å². The zero-order valence-electron chi connectivity index (χ0n) is 12.5. The quantitative estimate of drug-likeness (QED) is 0.717. The third-order valence-corrected chi connectivity index (χ3v) is 4.39. The van der Waals surface area contributed by atoms with Crippen molar-refractivity contribution in [3.63, 3.8) is 0 Å². The van der Waals surface area contributed by atoms with Gasteiger partial charge in [-0.05, 0) is 30.7 Å². The van der Waals surface area contributed by atoms with E-state index in [1.165, 1.54) is 11.3 Å². The first kappa shape index (κ1) is 17.5. The maximum Gasteiger partial charge on any atom is 0.253 e. The van der Waals surface area contributed by atoms with Gasteiger partial charge in [-0.15, -0.1) is 11.3 Å². The first-order valence-electron chi connectivity index (χ1n) is 7.21. The third-order valence-electron chi connectivity index (χ3n) is 3.10. The highest BCUT2D eigenvalue weighted by Crippen LogP contribution is 2.23. The molecule has 5 nitrogen and oxygen atoms in total. The lowest BCUT2D eigenvalue weighted by atomic mass is 10.1. The van der Waals surface area contributed by atoms with Gasteiger partial charge in [-0.3, -0.25) is 9.59 Å². The Balaban J connectivity index is 1.96. The zero-order chi connectivity index (χ0) is 16.7. The van der Waals surface area contributed by atoms with E-state index in [1.54, 1.807) is 24.3 Å². The molecule has 0 spiro atoms. The van der Waals surface area contributed by atoms with E-state index in [-0.39, 0.29) is 11.8 Å². The molecule has 7 heteroatoms. The molecule has 1 aromatic heterocycles. The molecule has 0 aliphatic heterocycles. The number of carbonyl (C=O) groups excluding carboxylic acids is 2. The molecule has 1 heterocycles. The number of rotatable bonds is 7. The van der Waals surface area contributed by atoms with Gasteiger partial charge in [0.15, 0.2) is 0 Å². The van der Waals surface area contributed by atoms with Crippen molar-refractivity contribution in [1.29, 1.82) is 0 Å². The van der Waals surface area contributed by atoms with Crippen LogP contribution in [0.5, 0.6) is 0 Å². The van der Waals surface area contributed by atoms with Crippen LogP contribution in [0.2, 0.25) is 4.34 Å². The zero-order valence-corrected chi connectivity index (χ0v) is 14.0. The average molecular weight is 352 g/mol. The summed E-state index contributed by atoms with van der Waals surface area (Å²) in [7, 11) is 0. The molecule has 2 rings (SSSR count). The second-order valence-corrected chi connectivity index (χ2v) is 6.64. The minimum absolute atomic E-state index is 0.145. The van der Waals surface area contributed by atoms with E-state index in [0.717, 1.165) is 4.88 Å². The van der Waals surface area contributed by atoms with E-state index >= 15 is 0 Å². The highest BCUT2D eigenvalue weighted by atomic mass is 35.5. The number of halogens is 1. The standard InChI is InChI=1S/C16H18ClN3O2S/c17-14-7-5-11(23-14)6-8-15(21)20-13-4-2-1-3-12(13)16(22)19-10-9-18/h1-5,7H,6,8-10,18H2,(H,19,22)(H,20,21). The van der Waals surface area contributed by atoms with Crippen LogP contribution in [0, 0.1) is 0 Å². The maximum atomic E-state index is 12.1. The molecule has 0 aliphatic carbocycles. The van der Waals surface area contributed by atoms with Crippen molar-refractivity contribution >= 4 is 40.4 Å². The van der Waals surface area contributed by atoms with Crippen LogP contribution in [-0.4, -0.2) is 24.9 Å². The summed E-state index contributed by atoms with van der Waals surface area (Å²) < 4.78 is 0.710. The summed E-state index contributed by atoms with van der Waals surface area (Å²) in [6.45, 7) is 0.754. The van der Waals surface area contributed by atoms with Gasteiger partial charge >= 0.3 is 0 Å². The van der Waals surface area contributed by atoms with Crippen molar-refractivity contribution < 1.29 is 9.59 Å². The molecule has 23 heavy (non-hydrogen) atoms. The van der Waals surface area contributed by atoms with Crippen molar-refractivity contribution in [3.8, 4) is 0 Å². The van der Waals surface area contributed by atoms with E-state index < -0.39 is 0 Å². The summed E-state index contributed by atoms with van der Waals surface area (Å²) in [5.41, 5.74) is 6.30. The molecular formula is C16H18ClN3O2S. The lowest BCUT2D eigenvalue weighted by molar-refractivity contribution is -0.116. The summed E-state index contributed by atoms with van der Waals surface area (Å²) in [5, 5.41) is 5.48. The number of nitrogens with one attached hydrogen (secondary N) is 2. The smallest absolute Gasteiger partial charge is 0.253 e. The molecule has 4 N–H and O–H groups in total. The number of carbonyl (C=O) groups is 2. The van der Waals surface area contributed by atoms with Gasteiger partial charge in [-0.25, -0.2) is 0 Å². The fraction of sp³-hybridized carbons (Fsp3) is 0.250. The fourth-order valence-corrected chi connectivity index (χ4v) is 3.09. The topological polar surface area (TPSA) is 84.2 Å². The third kappa shape index (κ3) is 5.35. The number of thiophene rings is 1. The Kier molecular flexibility index (Phi) is 6.58. The van der Waals surface area contributed by atoms with E-state index in [9.17, 15) is 9.59 Å². The van der Waals surface area contributed by atoms with E-state index in [0.29, 0.717) is 41.5 Å². The van der Waals surface area contributed by atoms with Crippen LogP contribution in [0.15, 0.2) is 36.4 Å². The molecule has 0 saturated heterocycles. The first-order chi connectivity index (χ1) is 11.1. The second-order valence-electron chi connectivity index (χ2n) is 4.84. The van der Waals surface area contributed by atoms with Crippen molar-refractivity contribution in [2.45, 2.75) is 12.8 Å². The van der Waals surface area contributed by atoms with Gasteiger partial charge in [0.25, 0.3) is 5.91 Å². The molecule has 1 aromatic carbocycles. The van der Waals surface area contributed by atoms with Gasteiger partial charge < -0.3 is 16.4 Å². The van der Waals surface area contributed by atoms with Crippen LogP contribution >= 0.6 is 22.9 Å². The van der Waals surface area contributed by atoms with E-state index in [1.807, 2.05) is 12.1 Å². The molecule has 0 bridgehead atoms. The summed E-state index contributed by atoms with van der Waals surface area (Å²) in [4.78, 5) is 25.2. The Bertz CT molecular complexity index is 687. The Labute approximate surface area is 143 Å². The minimum atomic E-state index is -0.253. The van der Waals surface area contributed by atoms with Gasteiger partial charge in [-0.2, -0.15) is 0 Å². The lowest BCUT2D eigenvalue weighted by Gasteiger charge is -2.11. The monoisotopic (exact) mass is 351 g/mol. The molecule has 0 aliphatic rings. The highest BCUT2D eigenvalue weighted by molar-refractivity contribution is 7.16. The van der Waals surface area contributed by atoms with E-state index in [4.69, 9.17) is 17.3 Å². The Morgan fingerprint density at radius 3 is 2.65 bits per heavy atom. The summed E-state index contributed by atoms with van der Waals surface area (Å²) in [6.07, 6.45) is 0.945. The number of amides is 2. The van der Waals surface area contributed by atoms with Crippen molar-refractivity contribution in [2.75, 3.05) is 18.4 Å². The van der Waals surface area contributed by atoms with Crippen molar-refractivity contribution in [2.24, 2.45) is 5.73 Å². The molecule has 0 atom stereocenters. The van der Waals surface area contributed by atoms with Gasteiger partial charge in [0, 0.05) is 24.4 Å². The normalized spacial score (nSPS) is 10.3. The highest BCUT2D eigenvalue weighted by Gasteiger charge is 2.12. The number of aryl methyl sites for hydroxylation is 1. The van der Waals surface area contributed by atoms with Crippen LogP contribution in [0.25, 0.3) is 0 Å². The number of anilines is 1. The molecule has 0 unspecified atom stereocenters. The van der Waals surface area contributed by atoms with E-state index in [2.05, 4.69) is 10.6 Å². The fourth-order valence-electron chi connectivity index (χ4n) is 2.01. The molecule has 2 amide bonds. The second kappa shape index (κ2) is 8.67. The molecule has 2 aromatic rings. The lowest BCUT2D eigenvalue weighted by Crippen LogP contribution is -2.30. The average Bonchev–Trinajstić information content (AvgIpc) is 2.96. The van der Waals surface area contributed by atoms with Crippen LogP contribution in [0.3, 0.4) is 0 Å². The molecule has 122 valence electrons. The summed E-state index contributed by atoms with van der Waals surface area (Å²) >= 11 is 7.33. The van der Waals surface area contributed by atoms with Crippen LogP contribution in [0.1, 0.15) is 21.7 Å². The number of hydrogen-bond acceptors (Lipinski definition) is 4. The van der Waals surface area contributed by atoms with Gasteiger partial charge in [-0.1, -0.05) is 23.7 Å². The first-order valence-corrected chi connectivity index (χ1v) is 8.41. The Hall–Kier alpha value is -1.89. The summed E-state index contributed by atoms with van der Waals surface area (Å²) in [5.74, 6) is -0.398. The van der Waals surface area contributed by atoms with Crippen LogP contribution in [-0.2, 0) is 11.2 Å². The minimum Gasteiger partial charge on any atom is -0.351 e. The number of nitrogens with two attached hydrogens (primary N) is 1. The number of benzene rings is 1. The Morgan fingerprint density at radius 2 is 1.96 bits per heavy atom. The summed E-state index contributed by atoms with van der Waals surface area (Å²) in [6, 6.07) is 10.6. The molecular weight excluding hydrogens is 334 g/mol. The SMILES string of the molecule is NCCNC(=O)c1ccccc1NC(=O)CCc1ccc(Cl)s1.